The second kappa shape index (κ2) is 6.98. The van der Waals surface area contributed by atoms with Crippen molar-refractivity contribution in [1.29, 1.82) is 0 Å². The zero-order chi connectivity index (χ0) is 18.0. The van der Waals surface area contributed by atoms with E-state index in [1.165, 1.54) is 38.2 Å². The molecule has 1 heterocycles. The molecule has 3 rings (SSSR count). The number of non-ortho nitro benzene ring substituents is 1. The van der Waals surface area contributed by atoms with E-state index < -0.39 is 0 Å². The smallest absolute Gasteiger partial charge is 0.270 e. The van der Waals surface area contributed by atoms with Gasteiger partial charge in [0.05, 0.1) is 10.6 Å². The molecule has 0 unspecified atom stereocenters. The largest absolute Gasteiger partial charge is 0.334 e. The molecule has 5 nitrogen and oxygen atoms in total. The van der Waals surface area contributed by atoms with Gasteiger partial charge in [-0.3, -0.25) is 10.1 Å². The van der Waals surface area contributed by atoms with Crippen LogP contribution in [-0.4, -0.2) is 14.5 Å². The molecule has 5 heteroatoms. The van der Waals surface area contributed by atoms with Gasteiger partial charge in [0.25, 0.3) is 5.69 Å². The summed E-state index contributed by atoms with van der Waals surface area (Å²) in [6.07, 6.45) is 8.64. The van der Waals surface area contributed by atoms with Gasteiger partial charge in [-0.25, -0.2) is 4.98 Å². The predicted molar refractivity (Wildman–Crippen MR) is 99.6 cm³/mol. The molecule has 0 radical (unpaired) electrons. The first-order chi connectivity index (χ1) is 11.8. The molecular formula is C20H27N3O2. The summed E-state index contributed by atoms with van der Waals surface area (Å²) in [4.78, 5) is 15.6. The fraction of sp³-hybridized carbons (Fsp3) is 0.550. The third kappa shape index (κ3) is 4.09. The Morgan fingerprint density at radius 3 is 2.60 bits per heavy atom. The molecule has 0 N–H and O–H groups in total. The maximum Gasteiger partial charge on any atom is 0.270 e. The van der Waals surface area contributed by atoms with Gasteiger partial charge in [-0.2, -0.15) is 0 Å². The number of benzene rings is 1. The molecule has 0 atom stereocenters. The number of hydrogen-bond donors (Lipinski definition) is 0. The maximum atomic E-state index is 11.1. The summed E-state index contributed by atoms with van der Waals surface area (Å²) in [6.45, 7) is 7.51. The van der Waals surface area contributed by atoms with Gasteiger partial charge in [-0.15, -0.1) is 0 Å². The highest BCUT2D eigenvalue weighted by molar-refractivity contribution is 5.62. The Morgan fingerprint density at radius 2 is 1.96 bits per heavy atom. The van der Waals surface area contributed by atoms with E-state index in [2.05, 4.69) is 31.5 Å². The average Bonchev–Trinajstić information content (AvgIpc) is 3.00. The van der Waals surface area contributed by atoms with Crippen molar-refractivity contribution < 1.29 is 4.92 Å². The summed E-state index contributed by atoms with van der Waals surface area (Å²) in [7, 11) is 0. The van der Waals surface area contributed by atoms with Crippen LogP contribution in [0.3, 0.4) is 0 Å². The minimum atomic E-state index is -0.354. The van der Waals surface area contributed by atoms with Crippen LogP contribution in [0.15, 0.2) is 30.5 Å². The Labute approximate surface area is 149 Å². The lowest BCUT2D eigenvalue weighted by molar-refractivity contribution is -0.384. The molecule has 134 valence electrons. The van der Waals surface area contributed by atoms with Crippen LogP contribution in [0.25, 0.3) is 11.3 Å². The van der Waals surface area contributed by atoms with Crippen LogP contribution >= 0.6 is 0 Å². The molecule has 1 aliphatic carbocycles. The molecule has 1 saturated carbocycles. The summed E-state index contributed by atoms with van der Waals surface area (Å²) in [5.74, 6) is 1.77. The molecule has 0 spiro atoms. The van der Waals surface area contributed by atoms with Gasteiger partial charge in [0.1, 0.15) is 5.82 Å². The minimum absolute atomic E-state index is 0.0619. The van der Waals surface area contributed by atoms with Gasteiger partial charge in [0, 0.05) is 35.9 Å². The molecule has 0 amide bonds. The summed E-state index contributed by atoms with van der Waals surface area (Å²) >= 11 is 0. The number of nitro benzene ring substituents is 1. The van der Waals surface area contributed by atoms with Crippen LogP contribution in [-0.2, 0) is 12.0 Å². The quantitative estimate of drug-likeness (QED) is 0.557. The highest BCUT2D eigenvalue weighted by Crippen LogP contribution is 2.31. The summed E-state index contributed by atoms with van der Waals surface area (Å²) in [5.41, 5.74) is 1.68. The highest BCUT2D eigenvalue weighted by Gasteiger charge is 2.24. The van der Waals surface area contributed by atoms with Gasteiger partial charge < -0.3 is 4.57 Å². The zero-order valence-corrected chi connectivity index (χ0v) is 15.4. The van der Waals surface area contributed by atoms with E-state index >= 15 is 0 Å². The Kier molecular flexibility index (Phi) is 4.93. The van der Waals surface area contributed by atoms with E-state index in [-0.39, 0.29) is 16.0 Å². The molecule has 1 aliphatic rings. The van der Waals surface area contributed by atoms with E-state index in [9.17, 15) is 10.1 Å². The number of rotatable bonds is 4. The molecule has 2 aromatic rings. The lowest BCUT2D eigenvalue weighted by Crippen LogP contribution is -2.22. The molecule has 1 fully saturated rings. The standard InChI is InChI=1S/C20H27N3O2/c1-20(2,3)19-21-18(16-10-7-11-17(12-16)23(24)25)14-22(19)13-15-8-5-4-6-9-15/h7,10-12,14-15H,4-6,8-9,13H2,1-3H3. The van der Waals surface area contributed by atoms with Crippen molar-refractivity contribution in [2.75, 3.05) is 0 Å². The Morgan fingerprint density at radius 1 is 1.24 bits per heavy atom. The first kappa shape index (κ1) is 17.6. The maximum absolute atomic E-state index is 11.1. The van der Waals surface area contributed by atoms with Gasteiger partial charge in [-0.1, -0.05) is 52.2 Å². The van der Waals surface area contributed by atoms with Gasteiger partial charge >= 0.3 is 0 Å². The second-order valence-electron chi connectivity index (χ2n) is 8.16. The molecule has 1 aromatic heterocycles. The Balaban J connectivity index is 1.95. The molecule has 0 saturated heterocycles. The molecule has 25 heavy (non-hydrogen) atoms. The molecule has 1 aromatic carbocycles. The van der Waals surface area contributed by atoms with E-state index in [1.54, 1.807) is 12.1 Å². The van der Waals surface area contributed by atoms with Crippen LogP contribution in [0.1, 0.15) is 58.7 Å². The number of hydrogen-bond acceptors (Lipinski definition) is 3. The number of imidazole rings is 1. The van der Waals surface area contributed by atoms with Crippen LogP contribution in [0.5, 0.6) is 0 Å². The summed E-state index contributed by atoms with van der Waals surface area (Å²) < 4.78 is 2.28. The lowest BCUT2D eigenvalue weighted by atomic mass is 9.88. The third-order valence-corrected chi connectivity index (χ3v) is 4.98. The normalized spacial score (nSPS) is 16.1. The van der Waals surface area contributed by atoms with E-state index in [1.807, 2.05) is 6.07 Å². The Bertz CT molecular complexity index is 753. The second-order valence-corrected chi connectivity index (χ2v) is 8.16. The van der Waals surface area contributed by atoms with Gasteiger partial charge in [0.2, 0.25) is 0 Å². The number of nitro groups is 1. The van der Waals surface area contributed by atoms with E-state index in [0.29, 0.717) is 5.92 Å². The van der Waals surface area contributed by atoms with Crippen molar-refractivity contribution in [2.24, 2.45) is 5.92 Å². The van der Waals surface area contributed by atoms with Crippen molar-refractivity contribution in [1.82, 2.24) is 9.55 Å². The van der Waals surface area contributed by atoms with Gasteiger partial charge in [0.15, 0.2) is 0 Å². The molecule has 0 bridgehead atoms. The summed E-state index contributed by atoms with van der Waals surface area (Å²) in [5, 5.41) is 11.1. The first-order valence-corrected chi connectivity index (χ1v) is 9.17. The number of nitrogens with zero attached hydrogens (tertiary/aromatic N) is 3. The summed E-state index contributed by atoms with van der Waals surface area (Å²) in [6, 6.07) is 6.75. The average molecular weight is 341 g/mol. The van der Waals surface area contributed by atoms with Crippen molar-refractivity contribution in [3.8, 4) is 11.3 Å². The van der Waals surface area contributed by atoms with E-state index in [0.717, 1.165) is 23.6 Å². The molecule has 0 aliphatic heterocycles. The topological polar surface area (TPSA) is 61.0 Å². The van der Waals surface area contributed by atoms with E-state index in [4.69, 9.17) is 4.98 Å². The number of aromatic nitrogens is 2. The lowest BCUT2D eigenvalue weighted by Gasteiger charge is -2.25. The molecular weight excluding hydrogens is 314 g/mol. The van der Waals surface area contributed by atoms with Crippen LogP contribution < -0.4 is 0 Å². The zero-order valence-electron chi connectivity index (χ0n) is 15.4. The Hall–Kier alpha value is -2.17. The van der Waals surface area contributed by atoms with Crippen molar-refractivity contribution in [3.05, 3.63) is 46.4 Å². The monoisotopic (exact) mass is 341 g/mol. The van der Waals surface area contributed by atoms with Crippen molar-refractivity contribution in [3.63, 3.8) is 0 Å². The van der Waals surface area contributed by atoms with Gasteiger partial charge in [-0.05, 0) is 18.8 Å². The van der Waals surface area contributed by atoms with Crippen LogP contribution in [0.4, 0.5) is 5.69 Å². The fourth-order valence-electron chi connectivity index (χ4n) is 3.72. The third-order valence-electron chi connectivity index (χ3n) is 4.98. The van der Waals surface area contributed by atoms with Crippen LogP contribution in [0.2, 0.25) is 0 Å². The van der Waals surface area contributed by atoms with Crippen LogP contribution in [0, 0.1) is 16.0 Å². The fourth-order valence-corrected chi connectivity index (χ4v) is 3.72. The first-order valence-electron chi connectivity index (χ1n) is 9.17. The highest BCUT2D eigenvalue weighted by atomic mass is 16.6. The predicted octanol–water partition coefficient (Wildman–Crippen LogP) is 5.34. The minimum Gasteiger partial charge on any atom is -0.334 e. The SMILES string of the molecule is CC(C)(C)c1nc(-c2cccc([N+](=O)[O-])c2)cn1CC1CCCCC1. The van der Waals surface area contributed by atoms with Crippen molar-refractivity contribution >= 4 is 5.69 Å². The van der Waals surface area contributed by atoms with Crippen molar-refractivity contribution in [2.45, 2.75) is 64.8 Å².